The normalized spacial score (nSPS) is 20.5. The van der Waals surface area contributed by atoms with Crippen molar-refractivity contribution in [3.63, 3.8) is 0 Å². The molecule has 248 valence electrons. The third kappa shape index (κ3) is 7.19. The van der Waals surface area contributed by atoms with E-state index in [9.17, 15) is 14.3 Å². The molecule has 11 heteroatoms. The van der Waals surface area contributed by atoms with E-state index < -0.39 is 25.8 Å². The Balaban J connectivity index is 1.41. The predicted molar refractivity (Wildman–Crippen MR) is 185 cm³/mol. The van der Waals surface area contributed by atoms with Gasteiger partial charge in [0.2, 0.25) is 5.91 Å². The van der Waals surface area contributed by atoms with Crippen LogP contribution in [0, 0.1) is 5.82 Å². The summed E-state index contributed by atoms with van der Waals surface area (Å²) in [7, 11) is -0.724. The average Bonchev–Trinajstić information content (AvgIpc) is 2.99. The summed E-state index contributed by atoms with van der Waals surface area (Å²) < 4.78 is 32.5. The molecule has 0 radical (unpaired) electrons. The van der Waals surface area contributed by atoms with Crippen LogP contribution in [0.5, 0.6) is 11.5 Å². The number of piperidine rings is 1. The van der Waals surface area contributed by atoms with Gasteiger partial charge in [0.15, 0.2) is 8.32 Å². The molecule has 5 rings (SSSR count). The summed E-state index contributed by atoms with van der Waals surface area (Å²) in [5.74, 6) is 0.898. The second kappa shape index (κ2) is 13.4. The quantitative estimate of drug-likeness (QED) is 0.230. The van der Waals surface area contributed by atoms with E-state index >= 15 is 0 Å². The first-order valence-corrected chi connectivity index (χ1v) is 19.3. The lowest BCUT2D eigenvalue weighted by Crippen LogP contribution is -2.63. The Hall–Kier alpha value is -2.82. The third-order valence-corrected chi connectivity index (χ3v) is 14.7. The van der Waals surface area contributed by atoms with Gasteiger partial charge in [-0.3, -0.25) is 4.79 Å². The van der Waals surface area contributed by atoms with Crippen molar-refractivity contribution < 1.29 is 28.2 Å². The van der Waals surface area contributed by atoms with Crippen molar-refractivity contribution in [2.45, 2.75) is 76.4 Å². The molecule has 0 bridgehead atoms. The van der Waals surface area contributed by atoms with E-state index in [-0.39, 0.29) is 17.6 Å². The van der Waals surface area contributed by atoms with E-state index in [1.165, 1.54) is 12.1 Å². The Bertz CT molecular complexity index is 1580. The molecule has 1 amide bonds. The van der Waals surface area contributed by atoms with Crippen LogP contribution in [0.3, 0.4) is 0 Å². The number of carbonyl (C=O) groups is 1. The van der Waals surface area contributed by atoms with E-state index in [2.05, 4.69) is 33.9 Å². The summed E-state index contributed by atoms with van der Waals surface area (Å²) in [5.41, 5.74) is 1.79. The number of fused-ring (bicyclic) bond motifs is 1. The van der Waals surface area contributed by atoms with Crippen LogP contribution in [0.4, 0.5) is 15.8 Å². The lowest BCUT2D eigenvalue weighted by atomic mass is 9.89. The van der Waals surface area contributed by atoms with Gasteiger partial charge in [0.1, 0.15) is 29.5 Å². The maximum absolute atomic E-state index is 13.8. The molecule has 0 spiro atoms. The number of ether oxygens (including phenoxy) is 2. The molecule has 0 unspecified atom stereocenters. The van der Waals surface area contributed by atoms with Gasteiger partial charge in [-0.2, -0.15) is 0 Å². The van der Waals surface area contributed by atoms with E-state index in [1.54, 1.807) is 24.1 Å². The highest BCUT2D eigenvalue weighted by Gasteiger charge is 2.49. The van der Waals surface area contributed by atoms with Gasteiger partial charge >= 0.3 is 0 Å². The van der Waals surface area contributed by atoms with Gasteiger partial charge in [-0.05, 0) is 79.0 Å². The molecule has 0 aromatic heterocycles. The zero-order valence-corrected chi connectivity index (χ0v) is 29.8. The highest BCUT2D eigenvalue weighted by Crippen LogP contribution is 2.44. The maximum Gasteiger partial charge on any atom is 0.227 e. The molecule has 1 saturated heterocycles. The number of carbonyl (C=O) groups excluding carboxylic acids is 1. The van der Waals surface area contributed by atoms with Crippen molar-refractivity contribution in [2.24, 2.45) is 0 Å². The Morgan fingerprint density at radius 1 is 1.04 bits per heavy atom. The van der Waals surface area contributed by atoms with Gasteiger partial charge in [0, 0.05) is 25.1 Å². The van der Waals surface area contributed by atoms with Crippen LogP contribution in [-0.4, -0.2) is 57.8 Å². The molecular formula is C35H43Cl2FN2O5Si. The zero-order chi connectivity index (χ0) is 33.4. The number of amides is 1. The largest absolute Gasteiger partial charge is 0.497 e. The van der Waals surface area contributed by atoms with Crippen LogP contribution in [0.25, 0.3) is 0 Å². The second-order valence-electron chi connectivity index (χ2n) is 13.8. The van der Waals surface area contributed by atoms with E-state index in [1.807, 2.05) is 35.2 Å². The van der Waals surface area contributed by atoms with Crippen molar-refractivity contribution >= 4 is 48.8 Å². The third-order valence-electron chi connectivity index (χ3n) is 9.62. The van der Waals surface area contributed by atoms with E-state index in [0.717, 1.165) is 16.9 Å². The average molecular weight is 690 g/mol. The highest BCUT2D eigenvalue weighted by molar-refractivity contribution is 6.74. The van der Waals surface area contributed by atoms with Gasteiger partial charge in [-0.1, -0.05) is 56.1 Å². The fourth-order valence-corrected chi connectivity index (χ4v) is 7.71. The van der Waals surface area contributed by atoms with Crippen LogP contribution in [-0.2, 0) is 22.2 Å². The molecule has 7 nitrogen and oxygen atoms in total. The molecule has 1 N–H and O–H groups in total. The standard InChI is InChI=1S/C35H43Cl2FN2O5Si/c1-34(2,3)46(5,6)45-31-21-39(29-14-9-24(38)19-28(29)37)18-17-35(31,42)22-44-30-15-13-27(36)33-26(30)12-16-32(41)40(33)20-23-7-10-25(43-4)11-8-23/h7-11,13-15,19,31,42H,12,16-18,20-22H2,1-6H3/t31-,35-/m0/s1. The number of rotatable bonds is 9. The van der Waals surface area contributed by atoms with Crippen molar-refractivity contribution in [3.8, 4) is 11.5 Å². The topological polar surface area (TPSA) is 71.5 Å². The Morgan fingerprint density at radius 2 is 1.76 bits per heavy atom. The Labute approximate surface area is 282 Å². The summed E-state index contributed by atoms with van der Waals surface area (Å²) in [6.07, 6.45) is 0.536. The molecule has 3 aromatic carbocycles. The SMILES string of the molecule is COc1ccc(CN2C(=O)CCc3c(OC[C@@]4(O)CCN(c5ccc(F)cc5Cl)C[C@@H]4O[Si](C)(C)C(C)(C)C)ccc(Cl)c32)cc1. The first-order valence-electron chi connectivity index (χ1n) is 15.6. The van der Waals surface area contributed by atoms with Crippen LogP contribution in [0.2, 0.25) is 28.2 Å². The van der Waals surface area contributed by atoms with E-state index in [4.69, 9.17) is 37.1 Å². The number of aliphatic hydroxyl groups is 1. The van der Waals surface area contributed by atoms with Crippen LogP contribution in [0.15, 0.2) is 54.6 Å². The molecule has 3 aromatic rings. The monoisotopic (exact) mass is 688 g/mol. The molecule has 46 heavy (non-hydrogen) atoms. The summed E-state index contributed by atoms with van der Waals surface area (Å²) in [6.45, 7) is 12.0. The maximum atomic E-state index is 13.8. The minimum atomic E-state index is -2.34. The van der Waals surface area contributed by atoms with Crippen LogP contribution in [0.1, 0.15) is 44.7 Å². The van der Waals surface area contributed by atoms with Crippen LogP contribution >= 0.6 is 23.2 Å². The van der Waals surface area contributed by atoms with E-state index in [0.29, 0.717) is 66.1 Å². The molecule has 0 saturated carbocycles. The van der Waals surface area contributed by atoms with Gasteiger partial charge in [0.25, 0.3) is 0 Å². The predicted octanol–water partition coefficient (Wildman–Crippen LogP) is 8.03. The van der Waals surface area contributed by atoms with Gasteiger partial charge in [0.05, 0.1) is 41.2 Å². The van der Waals surface area contributed by atoms with Crippen molar-refractivity contribution in [3.05, 3.63) is 81.6 Å². The fraction of sp³-hybridized carbons (Fsp3) is 0.457. The summed E-state index contributed by atoms with van der Waals surface area (Å²) in [4.78, 5) is 16.9. The lowest BCUT2D eigenvalue weighted by molar-refractivity contribution is -0.119. The smallest absolute Gasteiger partial charge is 0.227 e. The highest BCUT2D eigenvalue weighted by atomic mass is 35.5. The Kier molecular flexibility index (Phi) is 10.0. The summed E-state index contributed by atoms with van der Waals surface area (Å²) in [5, 5.41) is 12.9. The molecular weight excluding hydrogens is 646 g/mol. The molecule has 0 aliphatic carbocycles. The summed E-state index contributed by atoms with van der Waals surface area (Å²) in [6, 6.07) is 15.5. The minimum absolute atomic E-state index is 0.0161. The van der Waals surface area contributed by atoms with Crippen molar-refractivity contribution in [2.75, 3.05) is 36.6 Å². The number of hydrogen-bond donors (Lipinski definition) is 1. The van der Waals surface area contributed by atoms with Crippen molar-refractivity contribution in [1.82, 2.24) is 0 Å². The van der Waals surface area contributed by atoms with Gasteiger partial charge in [-0.25, -0.2) is 4.39 Å². The van der Waals surface area contributed by atoms with Crippen molar-refractivity contribution in [1.29, 1.82) is 0 Å². The molecule has 1 fully saturated rings. The number of benzene rings is 3. The number of methoxy groups -OCH3 is 1. The van der Waals surface area contributed by atoms with Crippen LogP contribution < -0.4 is 19.3 Å². The van der Waals surface area contributed by atoms with Gasteiger partial charge in [-0.15, -0.1) is 0 Å². The summed E-state index contributed by atoms with van der Waals surface area (Å²) >= 11 is 13.2. The first kappa shape index (κ1) is 34.5. The number of nitrogens with zero attached hydrogens (tertiary/aromatic N) is 2. The molecule has 2 aliphatic heterocycles. The molecule has 2 aliphatic rings. The molecule has 2 atom stereocenters. The number of halogens is 3. The second-order valence-corrected chi connectivity index (χ2v) is 19.3. The van der Waals surface area contributed by atoms with Gasteiger partial charge < -0.3 is 28.8 Å². The number of anilines is 2. The number of hydrogen-bond acceptors (Lipinski definition) is 6. The Morgan fingerprint density at radius 3 is 2.41 bits per heavy atom. The molecule has 2 heterocycles. The zero-order valence-electron chi connectivity index (χ0n) is 27.3. The minimum Gasteiger partial charge on any atom is -0.497 e. The first-order chi connectivity index (χ1) is 21.6. The lowest BCUT2D eigenvalue weighted by Gasteiger charge is -2.49. The fourth-order valence-electron chi connectivity index (χ4n) is 5.78.